The van der Waals surface area contributed by atoms with Crippen LogP contribution in [0.15, 0.2) is 24.3 Å². The van der Waals surface area contributed by atoms with Crippen molar-refractivity contribution in [2.24, 2.45) is 0 Å². The van der Waals surface area contributed by atoms with Crippen molar-refractivity contribution >= 4 is 15.7 Å². The van der Waals surface area contributed by atoms with Crippen LogP contribution in [0.4, 0.5) is 5.69 Å². The van der Waals surface area contributed by atoms with Crippen LogP contribution < -0.4 is 5.73 Å². The quantitative estimate of drug-likeness (QED) is 0.769. The lowest BCUT2D eigenvalue weighted by Crippen LogP contribution is -2.42. The van der Waals surface area contributed by atoms with Gasteiger partial charge in [0, 0.05) is 18.8 Å². The third-order valence-electron chi connectivity index (χ3n) is 2.70. The first kappa shape index (κ1) is 15.9. The van der Waals surface area contributed by atoms with E-state index in [1.807, 2.05) is 0 Å². The van der Waals surface area contributed by atoms with E-state index in [-0.39, 0.29) is 12.3 Å². The minimum Gasteiger partial charge on any atom is -0.398 e. The predicted molar refractivity (Wildman–Crippen MR) is 77.0 cm³/mol. The molecule has 0 amide bonds. The summed E-state index contributed by atoms with van der Waals surface area (Å²) in [7, 11) is -3.49. The zero-order chi connectivity index (χ0) is 14.7. The van der Waals surface area contributed by atoms with Crippen molar-refractivity contribution in [1.82, 2.24) is 4.31 Å². The molecule has 0 aliphatic carbocycles. The molecule has 0 radical (unpaired) electrons. The fourth-order valence-electron chi connectivity index (χ4n) is 1.79. The average molecular weight is 286 g/mol. The second-order valence-electron chi connectivity index (χ2n) is 5.19. The van der Waals surface area contributed by atoms with Crippen LogP contribution in [0.3, 0.4) is 0 Å². The predicted octanol–water partition coefficient (Wildman–Crippen LogP) is 1.19. The van der Waals surface area contributed by atoms with Crippen LogP contribution in [-0.4, -0.2) is 36.5 Å². The van der Waals surface area contributed by atoms with Gasteiger partial charge in [-0.1, -0.05) is 25.1 Å². The Balaban J connectivity index is 2.94. The lowest BCUT2D eigenvalue weighted by Gasteiger charge is -2.27. The van der Waals surface area contributed by atoms with Gasteiger partial charge in [0.1, 0.15) is 0 Å². The van der Waals surface area contributed by atoms with Crippen LogP contribution in [0.2, 0.25) is 0 Å². The molecule has 0 atom stereocenters. The van der Waals surface area contributed by atoms with Crippen LogP contribution in [0.1, 0.15) is 26.3 Å². The minimum atomic E-state index is -3.49. The van der Waals surface area contributed by atoms with Crippen molar-refractivity contribution in [1.29, 1.82) is 0 Å². The Morgan fingerprint density at radius 1 is 1.32 bits per heavy atom. The number of nitrogens with two attached hydrogens (primary N) is 1. The van der Waals surface area contributed by atoms with E-state index in [0.717, 1.165) is 0 Å². The zero-order valence-electron chi connectivity index (χ0n) is 11.6. The molecule has 1 rings (SSSR count). The molecule has 0 spiro atoms. The zero-order valence-corrected chi connectivity index (χ0v) is 12.4. The maximum atomic E-state index is 12.3. The van der Waals surface area contributed by atoms with Crippen molar-refractivity contribution in [3.8, 4) is 0 Å². The van der Waals surface area contributed by atoms with Gasteiger partial charge in [-0.3, -0.25) is 0 Å². The molecule has 0 aliphatic heterocycles. The summed E-state index contributed by atoms with van der Waals surface area (Å²) in [5.41, 5.74) is 5.74. The molecule has 6 heteroatoms. The number of hydrogen-bond donors (Lipinski definition) is 2. The van der Waals surface area contributed by atoms with E-state index in [4.69, 9.17) is 5.73 Å². The number of sulfonamides is 1. The number of likely N-dealkylation sites (N-methyl/N-ethyl adjacent to an activating group) is 1. The number of rotatable bonds is 6. The first-order chi connectivity index (χ1) is 8.65. The monoisotopic (exact) mass is 286 g/mol. The molecule has 5 nitrogen and oxygen atoms in total. The second-order valence-corrected chi connectivity index (χ2v) is 7.16. The molecule has 19 heavy (non-hydrogen) atoms. The van der Waals surface area contributed by atoms with Gasteiger partial charge in [0.25, 0.3) is 0 Å². The molecule has 0 saturated carbocycles. The van der Waals surface area contributed by atoms with E-state index in [1.54, 1.807) is 45.0 Å². The Morgan fingerprint density at radius 2 is 1.89 bits per heavy atom. The Kier molecular flexibility index (Phi) is 4.95. The number of para-hydroxylation sites is 1. The fourth-order valence-corrected chi connectivity index (χ4v) is 3.54. The summed E-state index contributed by atoms with van der Waals surface area (Å²) in [5, 5.41) is 9.77. The number of benzene rings is 1. The van der Waals surface area contributed by atoms with E-state index < -0.39 is 15.6 Å². The van der Waals surface area contributed by atoms with Gasteiger partial charge in [-0.05, 0) is 25.5 Å². The number of hydrogen-bond acceptors (Lipinski definition) is 4. The Hall–Kier alpha value is -1.11. The molecule has 0 saturated heterocycles. The highest BCUT2D eigenvalue weighted by Gasteiger charge is 2.27. The molecule has 0 aromatic heterocycles. The van der Waals surface area contributed by atoms with Crippen LogP contribution in [0, 0.1) is 0 Å². The van der Waals surface area contributed by atoms with Gasteiger partial charge in [-0.15, -0.1) is 0 Å². The lowest BCUT2D eigenvalue weighted by atomic mass is 10.1. The number of anilines is 1. The highest BCUT2D eigenvalue weighted by atomic mass is 32.2. The van der Waals surface area contributed by atoms with Crippen LogP contribution in [-0.2, 0) is 15.8 Å². The number of nitrogen functional groups attached to an aromatic ring is 1. The maximum absolute atomic E-state index is 12.3. The molecule has 0 aliphatic rings. The number of nitrogens with zero attached hydrogens (tertiary/aromatic N) is 1. The molecular formula is C13H22N2O3S. The molecular weight excluding hydrogens is 264 g/mol. The van der Waals surface area contributed by atoms with Crippen molar-refractivity contribution in [2.75, 3.05) is 18.8 Å². The fraction of sp³-hybridized carbons (Fsp3) is 0.538. The van der Waals surface area contributed by atoms with Gasteiger partial charge in [-0.2, -0.15) is 4.31 Å². The largest absolute Gasteiger partial charge is 0.398 e. The Bertz CT molecular complexity index is 521. The van der Waals surface area contributed by atoms with Crippen LogP contribution in [0.5, 0.6) is 0 Å². The molecule has 0 fully saturated rings. The van der Waals surface area contributed by atoms with E-state index in [2.05, 4.69) is 0 Å². The molecule has 0 unspecified atom stereocenters. The highest BCUT2D eigenvalue weighted by Crippen LogP contribution is 2.18. The van der Waals surface area contributed by atoms with Crippen molar-refractivity contribution in [3.63, 3.8) is 0 Å². The summed E-state index contributed by atoms with van der Waals surface area (Å²) < 4.78 is 25.9. The van der Waals surface area contributed by atoms with E-state index in [0.29, 0.717) is 17.8 Å². The lowest BCUT2D eigenvalue weighted by molar-refractivity contribution is 0.0601. The molecule has 108 valence electrons. The van der Waals surface area contributed by atoms with Gasteiger partial charge in [0.05, 0.1) is 11.4 Å². The van der Waals surface area contributed by atoms with Crippen LogP contribution >= 0.6 is 0 Å². The van der Waals surface area contributed by atoms with Gasteiger partial charge in [0.2, 0.25) is 10.0 Å². The summed E-state index contributed by atoms with van der Waals surface area (Å²) in [6.45, 7) is 5.30. The van der Waals surface area contributed by atoms with Crippen molar-refractivity contribution in [2.45, 2.75) is 32.1 Å². The van der Waals surface area contributed by atoms with Gasteiger partial charge < -0.3 is 10.8 Å². The average Bonchev–Trinajstić information content (AvgIpc) is 2.27. The van der Waals surface area contributed by atoms with E-state index in [9.17, 15) is 13.5 Å². The number of aliphatic hydroxyl groups is 1. The first-order valence-electron chi connectivity index (χ1n) is 6.19. The third-order valence-corrected chi connectivity index (χ3v) is 4.55. The van der Waals surface area contributed by atoms with Crippen LogP contribution in [0.25, 0.3) is 0 Å². The molecule has 1 aromatic carbocycles. The highest BCUT2D eigenvalue weighted by molar-refractivity contribution is 7.88. The Morgan fingerprint density at radius 3 is 2.37 bits per heavy atom. The summed E-state index contributed by atoms with van der Waals surface area (Å²) >= 11 is 0. The van der Waals surface area contributed by atoms with Gasteiger partial charge in [0.15, 0.2) is 0 Å². The molecule has 0 heterocycles. The first-order valence-corrected chi connectivity index (χ1v) is 7.80. The third kappa shape index (κ3) is 4.81. The molecule has 1 aromatic rings. The normalized spacial score (nSPS) is 12.9. The smallest absolute Gasteiger partial charge is 0.218 e. The van der Waals surface area contributed by atoms with E-state index >= 15 is 0 Å². The van der Waals surface area contributed by atoms with Crippen molar-refractivity contribution in [3.05, 3.63) is 29.8 Å². The second kappa shape index (κ2) is 5.90. The SMILES string of the molecule is CCN(CC(C)(C)O)S(=O)(=O)Cc1ccccc1N. The summed E-state index contributed by atoms with van der Waals surface area (Å²) in [6, 6.07) is 6.90. The summed E-state index contributed by atoms with van der Waals surface area (Å²) in [6.07, 6.45) is 0. The maximum Gasteiger partial charge on any atom is 0.218 e. The van der Waals surface area contributed by atoms with E-state index in [1.165, 1.54) is 4.31 Å². The molecule has 0 bridgehead atoms. The summed E-state index contributed by atoms with van der Waals surface area (Å²) in [4.78, 5) is 0. The summed E-state index contributed by atoms with van der Waals surface area (Å²) in [5.74, 6) is -0.149. The Labute approximate surface area is 115 Å². The van der Waals surface area contributed by atoms with Crippen molar-refractivity contribution < 1.29 is 13.5 Å². The standard InChI is InChI=1S/C13H22N2O3S/c1-4-15(10-13(2,3)16)19(17,18)9-11-7-5-6-8-12(11)14/h5-8,16H,4,9-10,14H2,1-3H3. The van der Waals surface area contributed by atoms with Gasteiger partial charge in [-0.25, -0.2) is 8.42 Å². The molecule has 3 N–H and O–H groups in total. The topological polar surface area (TPSA) is 83.6 Å². The van der Waals surface area contributed by atoms with Gasteiger partial charge >= 0.3 is 0 Å². The minimum absolute atomic E-state index is 0.0680.